The van der Waals surface area contributed by atoms with Gasteiger partial charge in [-0.2, -0.15) is 5.10 Å². The molecular formula is C16H20N6O3. The minimum Gasteiger partial charge on any atom is -0.378 e. The van der Waals surface area contributed by atoms with Crippen LogP contribution in [0.25, 0.3) is 0 Å². The predicted octanol–water partition coefficient (Wildman–Crippen LogP) is -0.310. The molecule has 132 valence electrons. The van der Waals surface area contributed by atoms with E-state index in [0.29, 0.717) is 32.7 Å². The summed E-state index contributed by atoms with van der Waals surface area (Å²) in [4.78, 5) is 25.7. The molecule has 0 aliphatic carbocycles. The van der Waals surface area contributed by atoms with Gasteiger partial charge in [0, 0.05) is 38.4 Å². The number of amides is 1. The molecule has 0 spiro atoms. The fourth-order valence-electron chi connectivity index (χ4n) is 2.48. The fraction of sp³-hybridized carbons (Fsp3) is 0.438. The lowest BCUT2D eigenvalue weighted by atomic mass is 10.3. The Kier molecular flexibility index (Phi) is 5.68. The third-order valence-electron chi connectivity index (χ3n) is 3.84. The number of anilines is 1. The summed E-state index contributed by atoms with van der Waals surface area (Å²) in [6.07, 6.45) is 2.16. The molecule has 1 N–H and O–H groups in total. The third kappa shape index (κ3) is 4.60. The molecule has 2 aromatic heterocycles. The number of aryl methyl sites for hydroxylation is 1. The van der Waals surface area contributed by atoms with Crippen LogP contribution in [0.15, 0.2) is 35.3 Å². The smallest absolute Gasteiger partial charge is 0.271 e. The Balaban J connectivity index is 1.46. The summed E-state index contributed by atoms with van der Waals surface area (Å²) in [5, 5.41) is 14.8. The molecule has 0 bridgehead atoms. The van der Waals surface area contributed by atoms with Crippen LogP contribution in [0.2, 0.25) is 0 Å². The SMILES string of the molecule is O=C(NCCCn1ncccc1=O)c1ccc(N2CCOCC2)nn1. The topological polar surface area (TPSA) is 102 Å². The van der Waals surface area contributed by atoms with E-state index >= 15 is 0 Å². The highest BCUT2D eigenvalue weighted by atomic mass is 16.5. The first-order chi connectivity index (χ1) is 12.2. The van der Waals surface area contributed by atoms with Crippen molar-refractivity contribution in [2.75, 3.05) is 37.7 Å². The largest absolute Gasteiger partial charge is 0.378 e. The van der Waals surface area contributed by atoms with Crippen LogP contribution in [-0.4, -0.2) is 58.7 Å². The maximum atomic E-state index is 12.1. The zero-order valence-electron chi connectivity index (χ0n) is 13.8. The average molecular weight is 344 g/mol. The number of carbonyl (C=O) groups is 1. The molecule has 3 heterocycles. The molecular weight excluding hydrogens is 324 g/mol. The van der Waals surface area contributed by atoms with Crippen LogP contribution in [0.1, 0.15) is 16.9 Å². The second-order valence-electron chi connectivity index (χ2n) is 5.57. The third-order valence-corrected chi connectivity index (χ3v) is 3.84. The van der Waals surface area contributed by atoms with Crippen molar-refractivity contribution in [2.24, 2.45) is 0 Å². The molecule has 1 fully saturated rings. The van der Waals surface area contributed by atoms with Gasteiger partial charge < -0.3 is 15.0 Å². The van der Waals surface area contributed by atoms with Gasteiger partial charge in [-0.25, -0.2) is 4.68 Å². The zero-order chi connectivity index (χ0) is 17.5. The van der Waals surface area contributed by atoms with Crippen molar-refractivity contribution in [2.45, 2.75) is 13.0 Å². The normalized spacial score (nSPS) is 14.3. The van der Waals surface area contributed by atoms with E-state index in [4.69, 9.17) is 4.74 Å². The summed E-state index contributed by atoms with van der Waals surface area (Å²) < 4.78 is 6.66. The molecule has 1 saturated heterocycles. The van der Waals surface area contributed by atoms with E-state index in [1.165, 1.54) is 10.7 Å². The number of hydrogen-bond acceptors (Lipinski definition) is 7. The number of rotatable bonds is 6. The molecule has 25 heavy (non-hydrogen) atoms. The van der Waals surface area contributed by atoms with Gasteiger partial charge in [-0.15, -0.1) is 10.2 Å². The predicted molar refractivity (Wildman–Crippen MR) is 90.5 cm³/mol. The fourth-order valence-corrected chi connectivity index (χ4v) is 2.48. The number of aromatic nitrogens is 4. The molecule has 9 heteroatoms. The summed E-state index contributed by atoms with van der Waals surface area (Å²) in [7, 11) is 0. The number of ether oxygens (including phenoxy) is 1. The van der Waals surface area contributed by atoms with Crippen molar-refractivity contribution in [3.05, 3.63) is 46.5 Å². The molecule has 0 atom stereocenters. The summed E-state index contributed by atoms with van der Waals surface area (Å²) >= 11 is 0. The maximum absolute atomic E-state index is 12.1. The van der Waals surface area contributed by atoms with E-state index in [0.717, 1.165) is 18.9 Å². The number of nitrogens with zero attached hydrogens (tertiary/aromatic N) is 5. The van der Waals surface area contributed by atoms with Gasteiger partial charge in [-0.3, -0.25) is 9.59 Å². The van der Waals surface area contributed by atoms with Crippen molar-refractivity contribution in [3.63, 3.8) is 0 Å². The number of morpholine rings is 1. The molecule has 1 aliphatic rings. The molecule has 1 amide bonds. The van der Waals surface area contributed by atoms with Crippen molar-refractivity contribution in [3.8, 4) is 0 Å². The van der Waals surface area contributed by atoms with Crippen LogP contribution in [0.3, 0.4) is 0 Å². The van der Waals surface area contributed by atoms with Crippen molar-refractivity contribution in [1.29, 1.82) is 0 Å². The summed E-state index contributed by atoms with van der Waals surface area (Å²) in [5.74, 6) is 0.462. The Labute approximate surface area is 144 Å². The highest BCUT2D eigenvalue weighted by Crippen LogP contribution is 2.11. The molecule has 0 radical (unpaired) electrons. The molecule has 2 aromatic rings. The first kappa shape index (κ1) is 17.0. The standard InChI is InChI=1S/C16H20N6O3/c23-15-3-1-7-18-22(15)8-2-6-17-16(24)13-4-5-14(20-19-13)21-9-11-25-12-10-21/h1,3-5,7H,2,6,8-12H2,(H,17,24). The van der Waals surface area contributed by atoms with E-state index in [9.17, 15) is 9.59 Å². The van der Waals surface area contributed by atoms with Gasteiger partial charge in [0.05, 0.1) is 13.2 Å². The highest BCUT2D eigenvalue weighted by Gasteiger charge is 2.14. The molecule has 1 aliphatic heterocycles. The molecule has 9 nitrogen and oxygen atoms in total. The summed E-state index contributed by atoms with van der Waals surface area (Å²) in [6, 6.07) is 6.51. The van der Waals surface area contributed by atoms with Crippen molar-refractivity contribution >= 4 is 11.7 Å². The second kappa shape index (κ2) is 8.34. The quantitative estimate of drug-likeness (QED) is 0.717. The molecule has 0 unspecified atom stereocenters. The Hall–Kier alpha value is -2.81. The van der Waals surface area contributed by atoms with Crippen LogP contribution in [0, 0.1) is 0 Å². The first-order valence-corrected chi connectivity index (χ1v) is 8.21. The van der Waals surface area contributed by atoms with E-state index < -0.39 is 0 Å². The van der Waals surface area contributed by atoms with E-state index in [1.807, 2.05) is 0 Å². The lowest BCUT2D eigenvalue weighted by Gasteiger charge is -2.27. The van der Waals surface area contributed by atoms with Crippen LogP contribution < -0.4 is 15.8 Å². The lowest BCUT2D eigenvalue weighted by Crippen LogP contribution is -2.37. The summed E-state index contributed by atoms with van der Waals surface area (Å²) in [6.45, 7) is 3.75. The first-order valence-electron chi connectivity index (χ1n) is 8.21. The van der Waals surface area contributed by atoms with Gasteiger partial charge in [0.2, 0.25) is 0 Å². The molecule has 3 rings (SSSR count). The van der Waals surface area contributed by atoms with E-state index in [2.05, 4.69) is 25.5 Å². The monoisotopic (exact) mass is 344 g/mol. The highest BCUT2D eigenvalue weighted by molar-refractivity contribution is 5.92. The van der Waals surface area contributed by atoms with Crippen LogP contribution in [0.4, 0.5) is 5.82 Å². The van der Waals surface area contributed by atoms with Crippen LogP contribution >= 0.6 is 0 Å². The van der Waals surface area contributed by atoms with E-state index in [-0.39, 0.29) is 17.2 Å². The van der Waals surface area contributed by atoms with Crippen molar-refractivity contribution in [1.82, 2.24) is 25.3 Å². The van der Waals surface area contributed by atoms with Crippen LogP contribution in [-0.2, 0) is 11.3 Å². The van der Waals surface area contributed by atoms with E-state index in [1.54, 1.807) is 24.4 Å². The van der Waals surface area contributed by atoms with Gasteiger partial charge in [0.25, 0.3) is 11.5 Å². The van der Waals surface area contributed by atoms with Crippen LogP contribution in [0.5, 0.6) is 0 Å². The molecule has 0 aromatic carbocycles. The lowest BCUT2D eigenvalue weighted by molar-refractivity contribution is 0.0946. The number of carbonyl (C=O) groups excluding carboxylic acids is 1. The van der Waals surface area contributed by atoms with Gasteiger partial charge in [-0.1, -0.05) is 0 Å². The Morgan fingerprint density at radius 3 is 2.76 bits per heavy atom. The maximum Gasteiger partial charge on any atom is 0.271 e. The average Bonchev–Trinajstić information content (AvgIpc) is 2.67. The Morgan fingerprint density at radius 1 is 1.20 bits per heavy atom. The number of hydrogen-bond donors (Lipinski definition) is 1. The Morgan fingerprint density at radius 2 is 2.04 bits per heavy atom. The summed E-state index contributed by atoms with van der Waals surface area (Å²) in [5.41, 5.74) is 0.116. The van der Waals surface area contributed by atoms with Gasteiger partial charge in [0.15, 0.2) is 11.5 Å². The van der Waals surface area contributed by atoms with Gasteiger partial charge >= 0.3 is 0 Å². The minimum atomic E-state index is -0.283. The second-order valence-corrected chi connectivity index (χ2v) is 5.57. The van der Waals surface area contributed by atoms with Gasteiger partial charge in [-0.05, 0) is 24.6 Å². The number of nitrogens with one attached hydrogen (secondary N) is 1. The van der Waals surface area contributed by atoms with Gasteiger partial charge in [0.1, 0.15) is 0 Å². The molecule has 0 saturated carbocycles. The Bertz CT molecular complexity index is 755. The zero-order valence-corrected chi connectivity index (χ0v) is 13.8. The minimum absolute atomic E-state index is 0.154. The van der Waals surface area contributed by atoms with Crippen molar-refractivity contribution < 1.29 is 9.53 Å².